The van der Waals surface area contributed by atoms with Crippen LogP contribution in [0.2, 0.25) is 0 Å². The molecule has 0 saturated carbocycles. The van der Waals surface area contributed by atoms with Crippen molar-refractivity contribution < 1.29 is 23.8 Å². The summed E-state index contributed by atoms with van der Waals surface area (Å²) < 4.78 is 15.2. The van der Waals surface area contributed by atoms with E-state index >= 15 is 0 Å². The number of carbonyl (C=O) groups excluding carboxylic acids is 2. The number of hydrogen-bond acceptors (Lipinski definition) is 5. The second-order valence-electron chi connectivity index (χ2n) is 3.37. The van der Waals surface area contributed by atoms with Gasteiger partial charge in [-0.25, -0.2) is 0 Å². The third-order valence-corrected chi connectivity index (χ3v) is 2.26. The number of carbonyl (C=O) groups is 2. The second kappa shape index (κ2) is 5.34. The molecule has 1 aromatic rings. The third-order valence-electron chi connectivity index (χ3n) is 2.26. The Morgan fingerprint density at radius 1 is 1.24 bits per heavy atom. The highest BCUT2D eigenvalue weighted by Crippen LogP contribution is 2.39. The van der Waals surface area contributed by atoms with Crippen molar-refractivity contribution >= 4 is 12.3 Å². The average molecular weight is 238 g/mol. The summed E-state index contributed by atoms with van der Waals surface area (Å²) in [7, 11) is 2.88. The predicted molar refractivity (Wildman–Crippen MR) is 61.0 cm³/mol. The topological polar surface area (TPSA) is 61.8 Å². The van der Waals surface area contributed by atoms with Gasteiger partial charge in [-0.15, -0.1) is 0 Å². The van der Waals surface area contributed by atoms with E-state index in [1.54, 1.807) is 6.92 Å². The molecule has 0 bridgehead atoms. The van der Waals surface area contributed by atoms with Crippen LogP contribution in [-0.2, 0) is 4.79 Å². The molecule has 0 fully saturated rings. The molecule has 17 heavy (non-hydrogen) atoms. The van der Waals surface area contributed by atoms with E-state index in [-0.39, 0.29) is 17.1 Å². The molecule has 0 unspecified atom stereocenters. The number of methoxy groups -OCH3 is 2. The molecule has 5 nitrogen and oxygen atoms in total. The van der Waals surface area contributed by atoms with Gasteiger partial charge in [-0.05, 0) is 13.0 Å². The van der Waals surface area contributed by atoms with Gasteiger partial charge < -0.3 is 14.2 Å². The Morgan fingerprint density at radius 2 is 1.88 bits per heavy atom. The van der Waals surface area contributed by atoms with E-state index < -0.39 is 5.97 Å². The van der Waals surface area contributed by atoms with E-state index in [1.165, 1.54) is 27.2 Å². The zero-order valence-corrected chi connectivity index (χ0v) is 10.2. The quantitative estimate of drug-likeness (QED) is 0.454. The molecule has 0 heterocycles. The van der Waals surface area contributed by atoms with Gasteiger partial charge >= 0.3 is 5.97 Å². The molecule has 0 aliphatic carbocycles. The third kappa shape index (κ3) is 2.55. The van der Waals surface area contributed by atoms with Crippen LogP contribution in [0.1, 0.15) is 22.8 Å². The van der Waals surface area contributed by atoms with E-state index in [2.05, 4.69) is 0 Å². The summed E-state index contributed by atoms with van der Waals surface area (Å²) in [4.78, 5) is 22.0. The highest BCUT2D eigenvalue weighted by atomic mass is 16.6. The van der Waals surface area contributed by atoms with E-state index in [1.807, 2.05) is 0 Å². The number of hydrogen-bond donors (Lipinski definition) is 0. The summed E-state index contributed by atoms with van der Waals surface area (Å²) in [5.74, 6) is 0.413. The van der Waals surface area contributed by atoms with E-state index in [0.717, 1.165) is 0 Å². The zero-order valence-electron chi connectivity index (χ0n) is 10.2. The minimum Gasteiger partial charge on any atom is -0.496 e. The number of rotatable bonds is 4. The van der Waals surface area contributed by atoms with Crippen LogP contribution >= 0.6 is 0 Å². The first-order chi connectivity index (χ1) is 8.04. The molecular formula is C12H14O5. The maximum absolute atomic E-state index is 11.0. The van der Waals surface area contributed by atoms with Crippen molar-refractivity contribution in [3.63, 3.8) is 0 Å². The SMILES string of the molecule is COc1cc(C=O)c(OC)c(OC(C)=O)c1C. The fourth-order valence-electron chi connectivity index (χ4n) is 1.51. The van der Waals surface area contributed by atoms with Crippen LogP contribution in [0.25, 0.3) is 0 Å². The normalized spacial score (nSPS) is 9.65. The summed E-state index contributed by atoms with van der Waals surface area (Å²) in [5, 5.41) is 0. The molecule has 92 valence electrons. The van der Waals surface area contributed by atoms with E-state index in [9.17, 15) is 9.59 Å². The summed E-state index contributed by atoms with van der Waals surface area (Å²) >= 11 is 0. The molecule has 5 heteroatoms. The van der Waals surface area contributed by atoms with Crippen molar-refractivity contribution in [3.8, 4) is 17.2 Å². The Bertz CT molecular complexity index is 451. The highest BCUT2D eigenvalue weighted by Gasteiger charge is 2.19. The lowest BCUT2D eigenvalue weighted by Crippen LogP contribution is -2.07. The first kappa shape index (κ1) is 13.0. The summed E-state index contributed by atoms with van der Waals surface area (Å²) in [5.41, 5.74) is 0.872. The first-order valence-corrected chi connectivity index (χ1v) is 4.94. The van der Waals surface area contributed by atoms with Crippen LogP contribution in [0.5, 0.6) is 17.2 Å². The molecule has 0 spiro atoms. The first-order valence-electron chi connectivity index (χ1n) is 4.94. The van der Waals surface area contributed by atoms with Crippen molar-refractivity contribution in [3.05, 3.63) is 17.2 Å². The molecule has 0 aromatic heterocycles. The van der Waals surface area contributed by atoms with Gasteiger partial charge in [0.1, 0.15) is 5.75 Å². The van der Waals surface area contributed by atoms with Crippen LogP contribution in [-0.4, -0.2) is 26.5 Å². The number of aldehydes is 1. The molecule has 0 aliphatic heterocycles. The van der Waals surface area contributed by atoms with Gasteiger partial charge in [-0.1, -0.05) is 0 Å². The summed E-state index contributed by atoms with van der Waals surface area (Å²) in [6, 6.07) is 1.54. The van der Waals surface area contributed by atoms with Gasteiger partial charge in [0.05, 0.1) is 19.8 Å². The monoisotopic (exact) mass is 238 g/mol. The Balaban J connectivity index is 3.49. The van der Waals surface area contributed by atoms with Crippen molar-refractivity contribution in [1.82, 2.24) is 0 Å². The maximum Gasteiger partial charge on any atom is 0.308 e. The van der Waals surface area contributed by atoms with Crippen molar-refractivity contribution in [2.75, 3.05) is 14.2 Å². The van der Waals surface area contributed by atoms with Gasteiger partial charge in [0.25, 0.3) is 0 Å². The van der Waals surface area contributed by atoms with Gasteiger partial charge in [0.2, 0.25) is 0 Å². The minimum atomic E-state index is -0.489. The molecule has 1 aromatic carbocycles. The molecule has 0 atom stereocenters. The van der Waals surface area contributed by atoms with Crippen molar-refractivity contribution in [2.24, 2.45) is 0 Å². The number of esters is 1. The summed E-state index contributed by atoms with van der Waals surface area (Å²) in [6.45, 7) is 2.99. The van der Waals surface area contributed by atoms with Gasteiger partial charge in [0.15, 0.2) is 17.8 Å². The second-order valence-corrected chi connectivity index (χ2v) is 3.37. The predicted octanol–water partition coefficient (Wildman–Crippen LogP) is 1.75. The Morgan fingerprint density at radius 3 is 2.29 bits per heavy atom. The molecular weight excluding hydrogens is 224 g/mol. The largest absolute Gasteiger partial charge is 0.496 e. The van der Waals surface area contributed by atoms with E-state index in [0.29, 0.717) is 17.6 Å². The molecule has 0 N–H and O–H groups in total. The fraction of sp³-hybridized carbons (Fsp3) is 0.333. The molecule has 0 aliphatic rings. The number of benzene rings is 1. The van der Waals surface area contributed by atoms with Crippen molar-refractivity contribution in [1.29, 1.82) is 0 Å². The van der Waals surface area contributed by atoms with E-state index in [4.69, 9.17) is 14.2 Å². The van der Waals surface area contributed by atoms with Gasteiger partial charge in [0, 0.05) is 12.5 Å². The molecule has 1 rings (SSSR count). The smallest absolute Gasteiger partial charge is 0.308 e. The van der Waals surface area contributed by atoms with Crippen LogP contribution in [0.4, 0.5) is 0 Å². The van der Waals surface area contributed by atoms with Gasteiger partial charge in [-0.3, -0.25) is 9.59 Å². The van der Waals surface area contributed by atoms with Gasteiger partial charge in [-0.2, -0.15) is 0 Å². The van der Waals surface area contributed by atoms with Crippen LogP contribution < -0.4 is 14.2 Å². The average Bonchev–Trinajstić information content (AvgIpc) is 2.30. The Hall–Kier alpha value is -2.04. The lowest BCUT2D eigenvalue weighted by atomic mass is 10.1. The minimum absolute atomic E-state index is 0.210. The van der Waals surface area contributed by atoms with Crippen LogP contribution in [0.15, 0.2) is 6.07 Å². The standard InChI is InChI=1S/C12H14O5/c1-7-10(15-3)5-9(6-13)12(16-4)11(7)17-8(2)14/h5-6H,1-4H3. The van der Waals surface area contributed by atoms with Crippen LogP contribution in [0.3, 0.4) is 0 Å². The number of ether oxygens (including phenoxy) is 3. The van der Waals surface area contributed by atoms with Crippen LogP contribution in [0, 0.1) is 6.92 Å². The molecule has 0 amide bonds. The fourth-order valence-corrected chi connectivity index (χ4v) is 1.51. The zero-order chi connectivity index (χ0) is 13.0. The van der Waals surface area contributed by atoms with Crippen molar-refractivity contribution in [2.45, 2.75) is 13.8 Å². The highest BCUT2D eigenvalue weighted by molar-refractivity contribution is 5.84. The molecule has 0 saturated heterocycles. The summed E-state index contributed by atoms with van der Waals surface area (Å²) in [6.07, 6.45) is 0.619. The Labute approximate surface area is 99.3 Å². The lowest BCUT2D eigenvalue weighted by molar-refractivity contribution is -0.132. The maximum atomic E-state index is 11.0. The lowest BCUT2D eigenvalue weighted by Gasteiger charge is -2.15. The Kier molecular flexibility index (Phi) is 4.09. The molecule has 0 radical (unpaired) electrons.